The Kier molecular flexibility index (Phi) is 4.53. The van der Waals surface area contributed by atoms with Crippen LogP contribution in [0.1, 0.15) is 28.8 Å². The van der Waals surface area contributed by atoms with Crippen molar-refractivity contribution in [3.8, 4) is 11.1 Å². The van der Waals surface area contributed by atoms with Gasteiger partial charge in [0.1, 0.15) is 0 Å². The molecule has 1 unspecified atom stereocenters. The Bertz CT molecular complexity index is 751. The lowest BCUT2D eigenvalue weighted by atomic mass is 9.92. The monoisotopic (exact) mass is 326 g/mol. The predicted octanol–water partition coefficient (Wildman–Crippen LogP) is 3.63. The summed E-state index contributed by atoms with van der Waals surface area (Å²) in [6.07, 6.45) is -0.274. The van der Waals surface area contributed by atoms with E-state index < -0.39 is 12.4 Å². The van der Waals surface area contributed by atoms with E-state index in [1.54, 1.807) is 14.1 Å². The van der Waals surface area contributed by atoms with Gasteiger partial charge in [0.05, 0.1) is 6.61 Å². The third-order valence-corrected chi connectivity index (χ3v) is 4.05. The molecule has 2 aromatic rings. The van der Waals surface area contributed by atoms with Crippen molar-refractivity contribution in [1.82, 2.24) is 9.88 Å². The number of hydrogen-bond acceptors (Lipinski definition) is 4. The Balaban J connectivity index is 2.01. The fourth-order valence-corrected chi connectivity index (χ4v) is 3.02. The summed E-state index contributed by atoms with van der Waals surface area (Å²) in [6.45, 7) is 4.52. The highest BCUT2D eigenvalue weighted by molar-refractivity contribution is 5.71. The smallest absolute Gasteiger partial charge is 0.411 e. The lowest BCUT2D eigenvalue weighted by molar-refractivity contribution is -0.120. The van der Waals surface area contributed by atoms with Crippen LogP contribution in [0.15, 0.2) is 30.3 Å². The highest BCUT2D eigenvalue weighted by Gasteiger charge is 2.27. The second-order valence-corrected chi connectivity index (χ2v) is 6.24. The quantitative estimate of drug-likeness (QED) is 0.845. The summed E-state index contributed by atoms with van der Waals surface area (Å²) in [4.78, 5) is 17.7. The largest absolute Gasteiger partial charge is 0.415 e. The fraction of sp³-hybridized carbons (Fsp3) is 0.368. The molecule has 0 fully saturated rings. The molecule has 1 aromatic carbocycles. The van der Waals surface area contributed by atoms with Gasteiger partial charge in [-0.15, -0.1) is 0 Å². The molecular weight excluding hydrogens is 304 g/mol. The van der Waals surface area contributed by atoms with Crippen molar-refractivity contribution >= 4 is 6.09 Å². The van der Waals surface area contributed by atoms with Crippen molar-refractivity contribution in [2.24, 2.45) is 0 Å². The zero-order valence-electron chi connectivity index (χ0n) is 14.5. The van der Waals surface area contributed by atoms with E-state index in [1.807, 2.05) is 26.0 Å². The van der Waals surface area contributed by atoms with Crippen LogP contribution < -0.4 is 0 Å². The Hall–Kier alpha value is -2.40. The van der Waals surface area contributed by atoms with Crippen LogP contribution in [0, 0.1) is 13.8 Å². The molecule has 0 aliphatic carbocycles. The van der Waals surface area contributed by atoms with Crippen molar-refractivity contribution < 1.29 is 14.3 Å². The number of carbonyl (C=O) groups is 1. The summed E-state index contributed by atoms with van der Waals surface area (Å²) in [7, 11) is 3.32. The first-order chi connectivity index (χ1) is 11.5. The topological polar surface area (TPSA) is 51.7 Å². The normalized spacial score (nSPS) is 16.4. The molecule has 0 bridgehead atoms. The van der Waals surface area contributed by atoms with Gasteiger partial charge in [-0.3, -0.25) is 4.98 Å². The molecule has 0 saturated heterocycles. The fourth-order valence-electron chi connectivity index (χ4n) is 3.02. The maximum atomic E-state index is 11.9. The van der Waals surface area contributed by atoms with Crippen LogP contribution in [-0.4, -0.2) is 36.7 Å². The number of carbonyl (C=O) groups excluding carboxylic acids is 1. The van der Waals surface area contributed by atoms with E-state index in [2.05, 4.69) is 23.2 Å². The number of amides is 1. The molecule has 5 heteroatoms. The van der Waals surface area contributed by atoms with Crippen molar-refractivity contribution in [3.63, 3.8) is 0 Å². The summed E-state index contributed by atoms with van der Waals surface area (Å²) >= 11 is 0. The first kappa shape index (κ1) is 16.5. The lowest BCUT2D eigenvalue weighted by Crippen LogP contribution is -2.28. The van der Waals surface area contributed by atoms with E-state index >= 15 is 0 Å². The van der Waals surface area contributed by atoms with E-state index in [1.165, 1.54) is 10.5 Å². The van der Waals surface area contributed by atoms with Gasteiger partial charge in [0.15, 0.2) is 0 Å². The third kappa shape index (κ3) is 3.26. The minimum absolute atomic E-state index is 0.408. The molecule has 1 aliphatic heterocycles. The minimum Gasteiger partial charge on any atom is -0.415 e. The molecule has 0 N–H and O–H groups in total. The van der Waals surface area contributed by atoms with Crippen LogP contribution >= 0.6 is 0 Å². The SMILES string of the molecule is Cc1cc(-c2cccc3c2CCOC3OC(=O)N(C)C)cc(C)n1. The predicted molar refractivity (Wildman–Crippen MR) is 91.7 cm³/mol. The van der Waals surface area contributed by atoms with Gasteiger partial charge in [0, 0.05) is 31.0 Å². The van der Waals surface area contributed by atoms with Gasteiger partial charge in [0.25, 0.3) is 0 Å². The molecule has 5 nitrogen and oxygen atoms in total. The highest BCUT2D eigenvalue weighted by atomic mass is 16.7. The summed E-state index contributed by atoms with van der Waals surface area (Å²) in [5, 5.41) is 0. The zero-order chi connectivity index (χ0) is 17.3. The third-order valence-electron chi connectivity index (χ3n) is 4.05. The maximum Gasteiger partial charge on any atom is 0.411 e. The first-order valence-electron chi connectivity index (χ1n) is 8.02. The highest BCUT2D eigenvalue weighted by Crippen LogP contribution is 2.35. The van der Waals surface area contributed by atoms with Gasteiger partial charge in [-0.25, -0.2) is 4.79 Å². The van der Waals surface area contributed by atoms with Gasteiger partial charge in [-0.1, -0.05) is 18.2 Å². The molecule has 0 radical (unpaired) electrons. The number of nitrogens with zero attached hydrogens (tertiary/aromatic N) is 2. The van der Waals surface area contributed by atoms with E-state index in [4.69, 9.17) is 9.47 Å². The molecule has 1 aliphatic rings. The molecule has 1 atom stereocenters. The summed E-state index contributed by atoms with van der Waals surface area (Å²) in [6, 6.07) is 10.2. The number of ether oxygens (including phenoxy) is 2. The van der Waals surface area contributed by atoms with Gasteiger partial charge >= 0.3 is 6.09 Å². The first-order valence-corrected chi connectivity index (χ1v) is 8.02. The number of pyridine rings is 1. The van der Waals surface area contributed by atoms with Crippen LogP contribution in [0.3, 0.4) is 0 Å². The zero-order valence-corrected chi connectivity index (χ0v) is 14.5. The second-order valence-electron chi connectivity index (χ2n) is 6.24. The van der Waals surface area contributed by atoms with Crippen molar-refractivity contribution in [2.75, 3.05) is 20.7 Å². The Labute approximate surface area is 142 Å². The summed E-state index contributed by atoms with van der Waals surface area (Å²) < 4.78 is 11.2. The standard InChI is InChI=1S/C19H22N2O3/c1-12-10-14(11-13(2)20-12)15-6-5-7-17-16(15)8-9-23-18(17)24-19(22)21(3)4/h5-7,10-11,18H,8-9H2,1-4H3. The van der Waals surface area contributed by atoms with E-state index in [0.29, 0.717) is 6.61 Å². The van der Waals surface area contributed by atoms with Gasteiger partial charge < -0.3 is 14.4 Å². The van der Waals surface area contributed by atoms with Crippen molar-refractivity contribution in [1.29, 1.82) is 0 Å². The number of hydrogen-bond donors (Lipinski definition) is 0. The summed E-state index contributed by atoms with van der Waals surface area (Å²) in [5.74, 6) is 0. The lowest BCUT2D eigenvalue weighted by Gasteiger charge is -2.28. The van der Waals surface area contributed by atoms with Crippen LogP contribution in [0.5, 0.6) is 0 Å². The van der Waals surface area contributed by atoms with Crippen LogP contribution in [0.2, 0.25) is 0 Å². The average Bonchev–Trinajstić information content (AvgIpc) is 2.53. The van der Waals surface area contributed by atoms with E-state index in [0.717, 1.165) is 34.5 Å². The van der Waals surface area contributed by atoms with Gasteiger partial charge in [0.2, 0.25) is 6.29 Å². The summed E-state index contributed by atoms with van der Waals surface area (Å²) in [5.41, 5.74) is 6.36. The van der Waals surface area contributed by atoms with Crippen LogP contribution in [-0.2, 0) is 15.9 Å². The number of aromatic nitrogens is 1. The number of fused-ring (bicyclic) bond motifs is 1. The molecule has 2 heterocycles. The molecule has 1 aromatic heterocycles. The Morgan fingerprint density at radius 1 is 1.25 bits per heavy atom. The molecule has 24 heavy (non-hydrogen) atoms. The average molecular weight is 326 g/mol. The van der Waals surface area contributed by atoms with Gasteiger partial charge in [-0.2, -0.15) is 0 Å². The molecular formula is C19H22N2O3. The van der Waals surface area contributed by atoms with E-state index in [9.17, 15) is 4.79 Å². The van der Waals surface area contributed by atoms with Crippen LogP contribution in [0.25, 0.3) is 11.1 Å². The number of rotatable bonds is 2. The maximum absolute atomic E-state index is 11.9. The molecule has 0 spiro atoms. The number of benzene rings is 1. The van der Waals surface area contributed by atoms with Crippen molar-refractivity contribution in [2.45, 2.75) is 26.6 Å². The molecule has 126 valence electrons. The molecule has 0 saturated carbocycles. The minimum atomic E-state index is -0.660. The Morgan fingerprint density at radius 2 is 1.96 bits per heavy atom. The second kappa shape index (κ2) is 6.61. The Morgan fingerprint density at radius 3 is 2.62 bits per heavy atom. The van der Waals surface area contributed by atoms with E-state index in [-0.39, 0.29) is 0 Å². The van der Waals surface area contributed by atoms with Crippen LogP contribution in [0.4, 0.5) is 4.79 Å². The molecule has 1 amide bonds. The van der Waals surface area contributed by atoms with Gasteiger partial charge in [-0.05, 0) is 49.1 Å². The molecule has 3 rings (SSSR count). The number of aryl methyl sites for hydroxylation is 2. The van der Waals surface area contributed by atoms with Crippen molar-refractivity contribution in [3.05, 3.63) is 52.8 Å².